The molecule has 4 aliphatic carbocycles. The normalized spacial score (nSPS) is 24.2. The third-order valence-corrected chi connectivity index (χ3v) is 22.6. The van der Waals surface area contributed by atoms with Crippen LogP contribution in [0.25, 0.3) is 21.8 Å². The van der Waals surface area contributed by atoms with Gasteiger partial charge < -0.3 is 33.7 Å². The van der Waals surface area contributed by atoms with Gasteiger partial charge in [-0.15, -0.1) is 0 Å². The molecule has 4 heterocycles. The number of rotatable bonds is 23. The van der Waals surface area contributed by atoms with Gasteiger partial charge in [-0.1, -0.05) is 110 Å². The molecular formula is C76H108Cl2N6O19S2. The average molecular weight is 1540 g/mol. The number of ketones is 2. The minimum atomic E-state index is -4.40. The van der Waals surface area contributed by atoms with Crippen molar-refractivity contribution in [1.82, 2.24) is 24.5 Å². The second-order valence-corrected chi connectivity index (χ2v) is 37.1. The summed E-state index contributed by atoms with van der Waals surface area (Å²) in [4.78, 5) is 129. The number of aromatic nitrogens is 2. The fourth-order valence-electron chi connectivity index (χ4n) is 13.9. The maximum atomic E-state index is 14.5. The number of benzene rings is 2. The lowest BCUT2D eigenvalue weighted by atomic mass is 9.77. The van der Waals surface area contributed by atoms with Gasteiger partial charge in [-0.25, -0.2) is 14.0 Å². The quantitative estimate of drug-likeness (QED) is 0.0459. The molecule has 10 rings (SSSR count). The summed E-state index contributed by atoms with van der Waals surface area (Å²) in [7, 11) is -6.76. The van der Waals surface area contributed by atoms with Gasteiger partial charge in [-0.3, -0.25) is 52.3 Å². The second kappa shape index (κ2) is 32.7. The number of Topliss-reactive ketones (excluding diaryl/α,β-unsaturated/α-hetero) is 2. The van der Waals surface area contributed by atoms with E-state index in [0.29, 0.717) is 82.7 Å². The van der Waals surface area contributed by atoms with Crippen LogP contribution >= 0.6 is 23.2 Å². The van der Waals surface area contributed by atoms with E-state index in [0.717, 1.165) is 19.3 Å². The minimum absolute atomic E-state index is 0.00810. The molecular weight excluding hydrogens is 1440 g/mol. The van der Waals surface area contributed by atoms with Crippen molar-refractivity contribution >= 4 is 113 Å². The van der Waals surface area contributed by atoms with Crippen molar-refractivity contribution in [3.05, 3.63) is 81.2 Å². The smallest absolute Gasteiger partial charge is 0.362 e. The molecule has 4 aromatic rings. The summed E-state index contributed by atoms with van der Waals surface area (Å²) in [6.07, 6.45) is 7.85. The topological polar surface area (TPSA) is 350 Å². The molecule has 0 spiro atoms. The molecule has 4 saturated carbocycles. The molecule has 2 saturated heterocycles. The third-order valence-electron chi connectivity index (χ3n) is 20.3. The zero-order chi connectivity index (χ0) is 78.8. The average Bonchev–Trinajstić information content (AvgIpc) is 1.58. The number of nitrogens with one attached hydrogen (secondary N) is 2. The van der Waals surface area contributed by atoms with Crippen LogP contribution in [0.3, 0.4) is 0 Å². The number of aromatic amines is 1. The van der Waals surface area contributed by atoms with Crippen LogP contribution in [0, 0.1) is 51.2 Å². The lowest BCUT2D eigenvalue weighted by Crippen LogP contribution is -2.49. The number of likely N-dealkylation sites (tertiary alicyclic amines) is 2. The van der Waals surface area contributed by atoms with Crippen molar-refractivity contribution in [1.29, 1.82) is 0 Å². The first-order valence-corrected chi connectivity index (χ1v) is 39.6. The summed E-state index contributed by atoms with van der Waals surface area (Å²) < 4.78 is 80.3. The van der Waals surface area contributed by atoms with E-state index >= 15 is 0 Å². The summed E-state index contributed by atoms with van der Waals surface area (Å²) in [5, 5.41) is 6.93. The Balaban J connectivity index is 0.000000239. The van der Waals surface area contributed by atoms with Gasteiger partial charge >= 0.3 is 38.5 Å². The van der Waals surface area contributed by atoms with Crippen molar-refractivity contribution in [2.45, 2.75) is 248 Å². The van der Waals surface area contributed by atoms with Crippen molar-refractivity contribution < 1.29 is 82.5 Å². The van der Waals surface area contributed by atoms with Gasteiger partial charge in [0.15, 0.2) is 17.0 Å². The fraction of sp³-hybridized carbons (Fsp3) is 0.658. The van der Waals surface area contributed by atoms with E-state index in [1.54, 1.807) is 109 Å². The van der Waals surface area contributed by atoms with Crippen LogP contribution in [-0.2, 0) is 81.5 Å². The summed E-state index contributed by atoms with van der Waals surface area (Å²) >= 11 is 12.3. The zero-order valence-corrected chi connectivity index (χ0v) is 67.1. The second-order valence-electron chi connectivity index (χ2n) is 33.9. The predicted octanol–water partition coefficient (Wildman–Crippen LogP) is 12.0. The van der Waals surface area contributed by atoms with Gasteiger partial charge in [-0.2, -0.15) is 16.8 Å². The molecule has 4 N–H and O–H groups in total. The molecule has 3 amide bonds. The van der Waals surface area contributed by atoms with E-state index < -0.39 is 118 Å². The number of esters is 3. The summed E-state index contributed by atoms with van der Waals surface area (Å²) in [5.74, 6) is -4.01. The molecule has 105 heavy (non-hydrogen) atoms. The maximum absolute atomic E-state index is 14.5. The summed E-state index contributed by atoms with van der Waals surface area (Å²) in [6, 6.07) is 12.2. The van der Waals surface area contributed by atoms with Crippen molar-refractivity contribution in [2.24, 2.45) is 56.4 Å². The number of hydrogen-bond acceptors (Lipinski definition) is 20. The molecule has 0 bridgehead atoms. The van der Waals surface area contributed by atoms with Crippen LogP contribution in [0.15, 0.2) is 65.7 Å². The molecule has 25 nitrogen and oxygen atoms in total. The molecule has 2 aromatic carbocycles. The van der Waals surface area contributed by atoms with E-state index in [9.17, 15) is 60.0 Å². The number of H-pyrrole nitrogens is 1. The van der Waals surface area contributed by atoms with E-state index in [4.69, 9.17) is 46.3 Å². The number of carbonyl (C=O) groups excluding carboxylic acids is 8. The number of carbonyl (C=O) groups is 8. The first-order chi connectivity index (χ1) is 48.3. The minimum Gasteiger partial charge on any atom is -0.488 e. The Morgan fingerprint density at radius 2 is 1.14 bits per heavy atom. The first-order valence-electron chi connectivity index (χ1n) is 36.0. The lowest BCUT2D eigenvalue weighted by molar-refractivity contribution is -0.161. The van der Waals surface area contributed by atoms with Crippen LogP contribution in [0.4, 0.5) is 0 Å². The Bertz CT molecular complexity index is 4210. The number of nitrogens with two attached hydrogens (primary N) is 1. The Labute approximate surface area is 628 Å². The Morgan fingerprint density at radius 3 is 1.60 bits per heavy atom. The fourth-order valence-corrected chi connectivity index (χ4v) is 16.3. The number of methoxy groups -OCH3 is 1. The van der Waals surface area contributed by atoms with Gasteiger partial charge in [0.2, 0.25) is 17.7 Å². The molecule has 2 aliphatic heterocycles. The molecule has 10 atom stereocenters. The molecule has 6 fully saturated rings. The van der Waals surface area contributed by atoms with Gasteiger partial charge in [0.1, 0.15) is 23.1 Å². The molecule has 582 valence electrons. The summed E-state index contributed by atoms with van der Waals surface area (Å²) in [5.41, 5.74) is -4.65. The van der Waals surface area contributed by atoms with Crippen LogP contribution in [0.1, 0.15) is 208 Å². The van der Waals surface area contributed by atoms with Gasteiger partial charge in [-0.05, 0) is 159 Å². The number of amides is 3. The van der Waals surface area contributed by atoms with Gasteiger partial charge in [0, 0.05) is 55.0 Å². The van der Waals surface area contributed by atoms with Crippen LogP contribution in [-0.4, -0.2) is 145 Å². The van der Waals surface area contributed by atoms with Crippen molar-refractivity contribution in [3.8, 4) is 5.75 Å². The number of nitrogens with zero attached hydrogens (tertiary/aromatic N) is 3. The Kier molecular flexibility index (Phi) is 26.6. The maximum Gasteiger partial charge on any atom is 0.362 e. The van der Waals surface area contributed by atoms with E-state index in [-0.39, 0.29) is 85.3 Å². The Hall–Kier alpha value is -6.62. The van der Waals surface area contributed by atoms with E-state index in [1.165, 1.54) is 18.1 Å². The van der Waals surface area contributed by atoms with Crippen LogP contribution in [0.5, 0.6) is 5.75 Å². The highest BCUT2D eigenvalue weighted by Gasteiger charge is 2.63. The van der Waals surface area contributed by atoms with Gasteiger partial charge in [0.25, 0.3) is 0 Å². The first kappa shape index (κ1) is 85.6. The molecule has 0 radical (unpaired) electrons. The number of fused-ring (bicyclic) bond motifs is 2. The molecule has 29 heteroatoms. The number of pyridine rings is 2. The zero-order valence-electron chi connectivity index (χ0n) is 64.0. The summed E-state index contributed by atoms with van der Waals surface area (Å²) in [6.45, 7) is 31.8. The molecule has 6 aliphatic rings. The number of ether oxygens (including phenoxy) is 4. The molecule has 0 unspecified atom stereocenters. The molecule has 2 aromatic heterocycles. The highest BCUT2D eigenvalue weighted by Crippen LogP contribution is 2.59. The van der Waals surface area contributed by atoms with Gasteiger partial charge in [0.05, 0.1) is 93.5 Å². The SMILES string of the molecule is CC1(OS(N)(=O)=O)CC1.CC[C@@H]1C[C@]1(CC(=O)[C@@H]1C[C@@H](Oc2ccnc3c(Cl)cccc23)CN1C(=O)[C@@H](CC(=O)OC(C)(C)C)C(C)(C)C)C(=O)NS(=O)(=O)OC1(C)CC1.CC[C@@H]1C[C@]1(CC(=O)[C@@H]1C[C@H](C)CN1C(=O)[C@@H](CC(=O)OC(C)(C)C)C(C)(C)C)C(=O)OC.O=c1cc[nH]c2c(Cl)cccc12. The monoisotopic (exact) mass is 1540 g/mol. The van der Waals surface area contributed by atoms with Crippen LogP contribution in [0.2, 0.25) is 10.0 Å². The Morgan fingerprint density at radius 1 is 0.667 bits per heavy atom. The lowest BCUT2D eigenvalue weighted by Gasteiger charge is -2.35. The standard InChI is InChI=1S/C37H50ClN3O9S.C26H43NO6.C9H6ClNO.C4H9NO3S/c1-9-22-19-37(22,33(45)40-51(46,47)50-36(8)14-15-36)20-28(42)27-17-23(48-29-13-16-39-31-24(29)11-10-12-26(31)38)21-41(27)32(44)25(34(2,3)4)18-30(43)49-35(5,6)7;1-10-17-13-26(17,23(31)32-9)14-20(28)19-11-16(2)15-27(19)22(30)18(24(3,4)5)12-21(29)33-25(6,7)8;10-7-3-1-2-6-8(12)4-5-11-9(6)7;1-4(2-3-4)8-9(5,6)7/h10-13,16,22-23,25,27H,9,14-15,17-21H2,1-8H3,(H,40,45);16-19H,10-15H2,1-9H3;1-5H,(H,11,12);2-3H2,1H3,(H2,5,6,7)/t22-,23-,25-,27+,37-;16-,17+,18+,19-,26+;;/m10../s1. The largest absolute Gasteiger partial charge is 0.488 e. The number of halogens is 2. The third kappa shape index (κ3) is 23.0. The number of para-hydroxylation sites is 2. The van der Waals surface area contributed by atoms with Crippen molar-refractivity contribution in [3.63, 3.8) is 0 Å². The number of hydrogen-bond donors (Lipinski definition) is 3. The van der Waals surface area contributed by atoms with Crippen molar-refractivity contribution in [2.75, 3.05) is 20.2 Å². The van der Waals surface area contributed by atoms with E-state index in [2.05, 4.69) is 24.0 Å². The van der Waals surface area contributed by atoms with E-state index in [1.807, 2.05) is 68.4 Å². The van der Waals surface area contributed by atoms with Crippen LogP contribution < -0.4 is 20.0 Å². The predicted molar refractivity (Wildman–Crippen MR) is 398 cm³/mol. The highest BCUT2D eigenvalue weighted by molar-refractivity contribution is 7.85. The highest BCUT2D eigenvalue weighted by atomic mass is 35.5.